The lowest BCUT2D eigenvalue weighted by molar-refractivity contribution is -0.136. The molecule has 0 bridgehead atoms. The molecular weight excluding hydrogens is 360 g/mol. The number of rotatable bonds is 5. The Balaban J connectivity index is 1.43. The van der Waals surface area contributed by atoms with Crippen molar-refractivity contribution in [2.45, 2.75) is 38.1 Å². The number of nitrogens with zero attached hydrogens (tertiary/aromatic N) is 1. The molecule has 2 fully saturated rings. The van der Waals surface area contributed by atoms with Crippen LogP contribution in [0.1, 0.15) is 52.8 Å². The Morgan fingerprint density at radius 3 is 2.64 bits per heavy atom. The van der Waals surface area contributed by atoms with Gasteiger partial charge in [-0.2, -0.15) is 0 Å². The minimum absolute atomic E-state index is 0.118. The van der Waals surface area contributed by atoms with Gasteiger partial charge in [-0.25, -0.2) is 0 Å². The first-order valence-electron chi connectivity index (χ1n) is 9.85. The van der Waals surface area contributed by atoms with E-state index in [-0.39, 0.29) is 18.7 Å². The van der Waals surface area contributed by atoms with Gasteiger partial charge < -0.3 is 10.6 Å². The number of carbonyl (C=O) groups is 4. The van der Waals surface area contributed by atoms with E-state index in [0.717, 1.165) is 36.6 Å². The molecule has 148 valence electrons. The smallest absolute Gasteiger partial charge is 0.262 e. The summed E-state index contributed by atoms with van der Waals surface area (Å²) in [5.74, 6) is -1.27. The molecule has 1 aromatic carbocycles. The summed E-state index contributed by atoms with van der Waals surface area (Å²) in [7, 11) is 0. The second-order valence-corrected chi connectivity index (χ2v) is 7.64. The lowest BCUT2D eigenvalue weighted by Gasteiger charge is -2.27. The lowest BCUT2D eigenvalue weighted by Crippen LogP contribution is -2.54. The van der Waals surface area contributed by atoms with E-state index >= 15 is 0 Å². The molecule has 2 saturated heterocycles. The van der Waals surface area contributed by atoms with Crippen LogP contribution in [0.25, 0.3) is 0 Å². The molecule has 28 heavy (non-hydrogen) atoms. The van der Waals surface area contributed by atoms with E-state index in [1.165, 1.54) is 12.8 Å². The number of piperidine rings is 2. The number of amides is 4. The van der Waals surface area contributed by atoms with Crippen LogP contribution < -0.4 is 16.0 Å². The average molecular weight is 384 g/mol. The van der Waals surface area contributed by atoms with Crippen LogP contribution in [-0.4, -0.2) is 54.2 Å². The van der Waals surface area contributed by atoms with Crippen molar-refractivity contribution in [1.29, 1.82) is 0 Å². The number of hydrogen-bond donors (Lipinski definition) is 3. The van der Waals surface area contributed by atoms with Gasteiger partial charge in [0.25, 0.3) is 11.8 Å². The van der Waals surface area contributed by atoms with Gasteiger partial charge in [0.2, 0.25) is 11.8 Å². The van der Waals surface area contributed by atoms with Gasteiger partial charge in [0.1, 0.15) is 6.04 Å². The van der Waals surface area contributed by atoms with Gasteiger partial charge in [-0.1, -0.05) is 0 Å². The van der Waals surface area contributed by atoms with Crippen LogP contribution in [0.3, 0.4) is 0 Å². The highest BCUT2D eigenvalue weighted by molar-refractivity contribution is 6.23. The monoisotopic (exact) mass is 384 g/mol. The predicted molar refractivity (Wildman–Crippen MR) is 102 cm³/mol. The molecule has 4 amide bonds. The first-order chi connectivity index (χ1) is 13.5. The predicted octanol–water partition coefficient (Wildman–Crippen LogP) is 0.889. The van der Waals surface area contributed by atoms with Crippen LogP contribution in [0, 0.1) is 5.92 Å². The second-order valence-electron chi connectivity index (χ2n) is 7.64. The zero-order valence-electron chi connectivity index (χ0n) is 15.6. The molecule has 0 aromatic heterocycles. The number of hydrogen-bond acceptors (Lipinski definition) is 6. The zero-order valence-corrected chi connectivity index (χ0v) is 15.6. The van der Waals surface area contributed by atoms with E-state index in [1.54, 1.807) is 18.2 Å². The summed E-state index contributed by atoms with van der Waals surface area (Å²) < 4.78 is 0. The van der Waals surface area contributed by atoms with Gasteiger partial charge in [-0.05, 0) is 62.9 Å². The zero-order chi connectivity index (χ0) is 19.7. The van der Waals surface area contributed by atoms with Crippen LogP contribution in [0.2, 0.25) is 0 Å². The van der Waals surface area contributed by atoms with Crippen molar-refractivity contribution in [3.8, 4) is 0 Å². The third-order valence-electron chi connectivity index (χ3n) is 5.72. The van der Waals surface area contributed by atoms with E-state index in [2.05, 4.69) is 16.0 Å². The Kier molecular flexibility index (Phi) is 5.13. The molecule has 3 aliphatic rings. The number of carbonyl (C=O) groups excluding carboxylic acids is 4. The van der Waals surface area contributed by atoms with Crippen LogP contribution >= 0.6 is 0 Å². The van der Waals surface area contributed by atoms with Crippen molar-refractivity contribution < 1.29 is 19.2 Å². The van der Waals surface area contributed by atoms with Crippen molar-refractivity contribution in [2.24, 2.45) is 5.92 Å². The van der Waals surface area contributed by atoms with Crippen molar-refractivity contribution in [3.63, 3.8) is 0 Å². The largest absolute Gasteiger partial charge is 0.385 e. The fraction of sp³-hybridized carbons (Fsp3) is 0.500. The topological polar surface area (TPSA) is 108 Å². The lowest BCUT2D eigenvalue weighted by atomic mass is 9.96. The minimum atomic E-state index is -0.930. The Labute approximate surface area is 163 Å². The fourth-order valence-electron chi connectivity index (χ4n) is 4.17. The van der Waals surface area contributed by atoms with Gasteiger partial charge in [0.15, 0.2) is 0 Å². The molecule has 3 N–H and O–H groups in total. The minimum Gasteiger partial charge on any atom is -0.385 e. The summed E-state index contributed by atoms with van der Waals surface area (Å²) in [6.07, 6.45) is 3.76. The highest BCUT2D eigenvalue weighted by atomic mass is 16.2. The quantitative estimate of drug-likeness (QED) is 0.651. The molecule has 0 saturated carbocycles. The van der Waals surface area contributed by atoms with Gasteiger partial charge in [0, 0.05) is 18.7 Å². The number of nitrogens with one attached hydrogen (secondary N) is 3. The van der Waals surface area contributed by atoms with Gasteiger partial charge in [-0.15, -0.1) is 0 Å². The maximum Gasteiger partial charge on any atom is 0.262 e. The molecule has 8 nitrogen and oxygen atoms in total. The third kappa shape index (κ3) is 3.52. The maximum absolute atomic E-state index is 12.8. The molecule has 3 aliphatic heterocycles. The molecular formula is C20H24N4O4. The first-order valence-corrected chi connectivity index (χ1v) is 9.85. The van der Waals surface area contributed by atoms with E-state index < -0.39 is 23.8 Å². The van der Waals surface area contributed by atoms with Crippen LogP contribution in [0.15, 0.2) is 18.2 Å². The SMILES string of the molecule is O=C1CCC(N2C(=O)c3ccc(NCCC4CCCNC4)cc3C2=O)C(=O)N1. The maximum atomic E-state index is 12.8. The molecule has 2 atom stereocenters. The van der Waals surface area contributed by atoms with E-state index in [4.69, 9.17) is 0 Å². The van der Waals surface area contributed by atoms with Gasteiger partial charge >= 0.3 is 0 Å². The molecule has 0 spiro atoms. The number of benzene rings is 1. The van der Waals surface area contributed by atoms with Gasteiger partial charge in [0.05, 0.1) is 11.1 Å². The highest BCUT2D eigenvalue weighted by Crippen LogP contribution is 2.29. The summed E-state index contributed by atoms with van der Waals surface area (Å²) in [6, 6.07) is 4.17. The fourth-order valence-corrected chi connectivity index (χ4v) is 4.17. The van der Waals surface area contributed by atoms with Crippen molar-refractivity contribution >= 4 is 29.3 Å². The van der Waals surface area contributed by atoms with Crippen molar-refractivity contribution in [2.75, 3.05) is 25.0 Å². The Bertz CT molecular complexity index is 831. The summed E-state index contributed by atoms with van der Waals surface area (Å²) in [5.41, 5.74) is 1.39. The van der Waals surface area contributed by atoms with Crippen LogP contribution in [0.5, 0.6) is 0 Å². The summed E-state index contributed by atoms with van der Waals surface area (Å²) in [4.78, 5) is 49.9. The normalized spacial score (nSPS) is 24.9. The van der Waals surface area contributed by atoms with E-state index in [1.807, 2.05) is 0 Å². The number of imide groups is 2. The third-order valence-corrected chi connectivity index (χ3v) is 5.72. The number of anilines is 1. The molecule has 2 unspecified atom stereocenters. The van der Waals surface area contributed by atoms with E-state index in [0.29, 0.717) is 17.0 Å². The van der Waals surface area contributed by atoms with E-state index in [9.17, 15) is 19.2 Å². The standard InChI is InChI=1S/C20H24N4O4/c25-17-6-5-16(18(26)23-17)24-19(27)14-4-3-13(10-15(14)20(24)28)22-9-7-12-2-1-8-21-11-12/h3-4,10,12,16,21-22H,1-2,5-9,11H2,(H,23,25,26). The molecule has 4 rings (SSSR count). The Morgan fingerprint density at radius 1 is 1.07 bits per heavy atom. The van der Waals surface area contributed by atoms with Crippen LogP contribution in [-0.2, 0) is 9.59 Å². The van der Waals surface area contributed by atoms with Crippen LogP contribution in [0.4, 0.5) is 5.69 Å². The van der Waals surface area contributed by atoms with Crippen molar-refractivity contribution in [1.82, 2.24) is 15.5 Å². The molecule has 0 aliphatic carbocycles. The Morgan fingerprint density at radius 2 is 1.89 bits per heavy atom. The molecule has 1 aromatic rings. The first kappa shape index (κ1) is 18.6. The molecule has 0 radical (unpaired) electrons. The highest BCUT2D eigenvalue weighted by Gasteiger charge is 2.44. The van der Waals surface area contributed by atoms with Gasteiger partial charge in [-0.3, -0.25) is 29.4 Å². The summed E-state index contributed by atoms with van der Waals surface area (Å²) in [5, 5.41) is 8.94. The molecule has 3 heterocycles. The van der Waals surface area contributed by atoms with Crippen molar-refractivity contribution in [3.05, 3.63) is 29.3 Å². The summed E-state index contributed by atoms with van der Waals surface area (Å²) in [6.45, 7) is 2.93. The average Bonchev–Trinajstić information content (AvgIpc) is 2.93. The second kappa shape index (κ2) is 7.71. The summed E-state index contributed by atoms with van der Waals surface area (Å²) >= 11 is 0. The number of fused-ring (bicyclic) bond motifs is 1. The molecule has 8 heteroatoms. The Hall–Kier alpha value is -2.74.